The van der Waals surface area contributed by atoms with E-state index in [2.05, 4.69) is 10.3 Å². The number of hydrogen-bond acceptors (Lipinski definition) is 4. The predicted octanol–water partition coefficient (Wildman–Crippen LogP) is 0.0560. The molecule has 1 aromatic heterocycles. The van der Waals surface area contributed by atoms with Gasteiger partial charge in [0.2, 0.25) is 0 Å². The van der Waals surface area contributed by atoms with Crippen LogP contribution in [0.5, 0.6) is 0 Å². The van der Waals surface area contributed by atoms with Crippen molar-refractivity contribution in [2.75, 3.05) is 13.1 Å². The fraction of sp³-hybridized carbons (Fsp3) is 0.417. The number of carbonyl (C=O) groups excluding carboxylic acids is 1. The lowest BCUT2D eigenvalue weighted by atomic mass is 10.2. The molecular formula is C12H15N3O4. The van der Waals surface area contributed by atoms with Crippen molar-refractivity contribution < 1.29 is 19.8 Å². The Morgan fingerprint density at radius 1 is 1.53 bits per heavy atom. The highest BCUT2D eigenvalue weighted by atomic mass is 16.4. The first-order chi connectivity index (χ1) is 9.06. The van der Waals surface area contributed by atoms with E-state index in [1.54, 1.807) is 0 Å². The van der Waals surface area contributed by atoms with E-state index in [1.165, 1.54) is 23.2 Å². The summed E-state index contributed by atoms with van der Waals surface area (Å²) in [6, 6.07) is 2.53. The Hall–Kier alpha value is -2.15. The Balaban J connectivity index is 1.90. The second kappa shape index (κ2) is 5.66. The maximum atomic E-state index is 11.7. The van der Waals surface area contributed by atoms with Crippen molar-refractivity contribution in [1.29, 1.82) is 0 Å². The van der Waals surface area contributed by atoms with Crippen molar-refractivity contribution in [3.05, 3.63) is 29.6 Å². The first kappa shape index (κ1) is 13.3. The summed E-state index contributed by atoms with van der Waals surface area (Å²) < 4.78 is 0. The van der Waals surface area contributed by atoms with Gasteiger partial charge >= 0.3 is 12.0 Å². The Morgan fingerprint density at radius 2 is 2.32 bits per heavy atom. The first-order valence-corrected chi connectivity index (χ1v) is 5.95. The van der Waals surface area contributed by atoms with E-state index >= 15 is 0 Å². The van der Waals surface area contributed by atoms with Crippen LogP contribution in [0, 0.1) is 0 Å². The Labute approximate surface area is 109 Å². The number of nitrogens with one attached hydrogen (secondary N) is 1. The number of rotatable bonds is 3. The summed E-state index contributed by atoms with van der Waals surface area (Å²) in [6.07, 6.45) is 1.52. The normalized spacial score (nSPS) is 18.4. The van der Waals surface area contributed by atoms with Crippen LogP contribution in [0.3, 0.4) is 0 Å². The molecule has 102 valence electrons. The van der Waals surface area contributed by atoms with E-state index in [-0.39, 0.29) is 18.1 Å². The summed E-state index contributed by atoms with van der Waals surface area (Å²) in [4.78, 5) is 28.0. The molecule has 1 aliphatic rings. The zero-order chi connectivity index (χ0) is 13.8. The van der Waals surface area contributed by atoms with Gasteiger partial charge in [0, 0.05) is 19.3 Å². The molecule has 2 rings (SSSR count). The number of aliphatic hydroxyl groups excluding tert-OH is 1. The molecule has 2 heterocycles. The summed E-state index contributed by atoms with van der Waals surface area (Å²) in [5.74, 6) is -1.03. The Kier molecular flexibility index (Phi) is 3.96. The molecule has 0 aliphatic carbocycles. The van der Waals surface area contributed by atoms with Crippen LogP contribution in [0.1, 0.15) is 22.5 Å². The van der Waals surface area contributed by atoms with Crippen LogP contribution < -0.4 is 5.32 Å². The third-order valence-electron chi connectivity index (χ3n) is 2.93. The van der Waals surface area contributed by atoms with Gasteiger partial charge in [-0.25, -0.2) is 9.59 Å². The van der Waals surface area contributed by atoms with Crippen LogP contribution in [0.4, 0.5) is 4.79 Å². The maximum Gasteiger partial charge on any atom is 0.335 e. The third-order valence-corrected chi connectivity index (χ3v) is 2.93. The van der Waals surface area contributed by atoms with Gasteiger partial charge in [0.1, 0.15) is 0 Å². The largest absolute Gasteiger partial charge is 0.478 e. The van der Waals surface area contributed by atoms with Gasteiger partial charge in [-0.2, -0.15) is 0 Å². The third kappa shape index (κ3) is 3.41. The van der Waals surface area contributed by atoms with Crippen LogP contribution in [-0.2, 0) is 6.54 Å². The van der Waals surface area contributed by atoms with Crippen LogP contribution >= 0.6 is 0 Å². The summed E-state index contributed by atoms with van der Waals surface area (Å²) in [6.45, 7) is 1.01. The zero-order valence-corrected chi connectivity index (χ0v) is 10.2. The number of likely N-dealkylation sites (tertiary alicyclic amines) is 1. The molecule has 0 spiro atoms. The molecule has 19 heavy (non-hydrogen) atoms. The van der Waals surface area contributed by atoms with Gasteiger partial charge in [-0.15, -0.1) is 0 Å². The molecule has 0 bridgehead atoms. The van der Waals surface area contributed by atoms with Gasteiger partial charge in [0.05, 0.1) is 23.9 Å². The number of aliphatic hydroxyl groups is 1. The lowest BCUT2D eigenvalue weighted by Gasteiger charge is -2.16. The number of aromatic nitrogens is 1. The average molecular weight is 265 g/mol. The van der Waals surface area contributed by atoms with Gasteiger partial charge in [-0.1, -0.05) is 0 Å². The monoisotopic (exact) mass is 265 g/mol. The zero-order valence-electron chi connectivity index (χ0n) is 10.2. The van der Waals surface area contributed by atoms with Crippen molar-refractivity contribution >= 4 is 12.0 Å². The fourth-order valence-electron chi connectivity index (χ4n) is 1.91. The number of hydrogen-bond donors (Lipinski definition) is 3. The van der Waals surface area contributed by atoms with Gasteiger partial charge in [-0.3, -0.25) is 4.98 Å². The molecule has 3 N–H and O–H groups in total. The second-order valence-electron chi connectivity index (χ2n) is 4.39. The second-order valence-corrected chi connectivity index (χ2v) is 4.39. The number of aromatic carboxylic acids is 1. The molecule has 1 fully saturated rings. The summed E-state index contributed by atoms with van der Waals surface area (Å²) >= 11 is 0. The SMILES string of the molecule is O=C(O)c1ccnc(CNC(=O)N2CCC(O)C2)c1. The molecular weight excluding hydrogens is 250 g/mol. The number of urea groups is 1. The molecule has 7 nitrogen and oxygen atoms in total. The molecule has 1 unspecified atom stereocenters. The minimum absolute atomic E-state index is 0.135. The van der Waals surface area contributed by atoms with E-state index in [0.29, 0.717) is 25.2 Å². The molecule has 0 aromatic carbocycles. The number of nitrogens with zero attached hydrogens (tertiary/aromatic N) is 2. The smallest absolute Gasteiger partial charge is 0.335 e. The summed E-state index contributed by atoms with van der Waals surface area (Å²) in [7, 11) is 0. The first-order valence-electron chi connectivity index (χ1n) is 5.95. The number of pyridine rings is 1. The van der Waals surface area contributed by atoms with Crippen molar-refractivity contribution in [2.45, 2.75) is 19.1 Å². The van der Waals surface area contributed by atoms with E-state index < -0.39 is 12.1 Å². The highest BCUT2D eigenvalue weighted by Gasteiger charge is 2.24. The van der Waals surface area contributed by atoms with Gasteiger partial charge in [0.15, 0.2) is 0 Å². The minimum Gasteiger partial charge on any atom is -0.478 e. The highest BCUT2D eigenvalue weighted by molar-refractivity contribution is 5.87. The van der Waals surface area contributed by atoms with Crippen molar-refractivity contribution in [3.63, 3.8) is 0 Å². The van der Waals surface area contributed by atoms with Gasteiger partial charge in [-0.05, 0) is 18.6 Å². The Morgan fingerprint density at radius 3 is 2.95 bits per heavy atom. The number of amides is 2. The molecule has 1 aromatic rings. The molecule has 2 amide bonds. The Bertz CT molecular complexity index is 492. The van der Waals surface area contributed by atoms with E-state index in [0.717, 1.165) is 0 Å². The molecule has 1 aliphatic heterocycles. The highest BCUT2D eigenvalue weighted by Crippen LogP contribution is 2.09. The maximum absolute atomic E-state index is 11.7. The fourth-order valence-corrected chi connectivity index (χ4v) is 1.91. The van der Waals surface area contributed by atoms with Crippen LogP contribution in [0.15, 0.2) is 18.3 Å². The van der Waals surface area contributed by atoms with Crippen molar-refractivity contribution in [3.8, 4) is 0 Å². The number of carbonyl (C=O) groups is 2. The van der Waals surface area contributed by atoms with Crippen LogP contribution in [-0.4, -0.2) is 51.3 Å². The van der Waals surface area contributed by atoms with Crippen LogP contribution in [0.25, 0.3) is 0 Å². The number of carboxylic acid groups (broad SMARTS) is 1. The topological polar surface area (TPSA) is 103 Å². The number of carboxylic acids is 1. The lowest BCUT2D eigenvalue weighted by Crippen LogP contribution is -2.38. The van der Waals surface area contributed by atoms with Gasteiger partial charge < -0.3 is 20.4 Å². The van der Waals surface area contributed by atoms with Gasteiger partial charge in [0.25, 0.3) is 0 Å². The molecule has 0 saturated carbocycles. The molecule has 7 heteroatoms. The van der Waals surface area contributed by atoms with Crippen LogP contribution in [0.2, 0.25) is 0 Å². The van der Waals surface area contributed by atoms with Crippen molar-refractivity contribution in [1.82, 2.24) is 15.2 Å². The number of β-amino-alcohol motifs (C(OH)–C–C–N with tert-alkyl or cyclic N) is 1. The van der Waals surface area contributed by atoms with E-state index in [4.69, 9.17) is 5.11 Å². The molecule has 1 saturated heterocycles. The standard InChI is InChI=1S/C12H15N3O4/c16-10-2-4-15(7-10)12(19)14-6-9-5-8(11(17)18)1-3-13-9/h1,3,5,10,16H,2,4,6-7H2,(H,14,19)(H,17,18). The molecule has 0 radical (unpaired) electrons. The van der Waals surface area contributed by atoms with Crippen molar-refractivity contribution in [2.24, 2.45) is 0 Å². The van der Waals surface area contributed by atoms with E-state index in [9.17, 15) is 14.7 Å². The minimum atomic E-state index is -1.03. The quantitative estimate of drug-likeness (QED) is 0.717. The van der Waals surface area contributed by atoms with E-state index in [1.807, 2.05) is 0 Å². The summed E-state index contributed by atoms with van der Waals surface area (Å²) in [5, 5.41) is 20.8. The summed E-state index contributed by atoms with van der Waals surface area (Å²) in [5.41, 5.74) is 0.615. The lowest BCUT2D eigenvalue weighted by molar-refractivity contribution is 0.0696. The average Bonchev–Trinajstić information content (AvgIpc) is 2.83. The predicted molar refractivity (Wildman–Crippen MR) is 65.6 cm³/mol. The molecule has 1 atom stereocenters.